The molecule has 1 N–H and O–H groups in total. The van der Waals surface area contributed by atoms with E-state index in [9.17, 15) is 13.6 Å². The number of aryl methyl sites for hydroxylation is 1. The van der Waals surface area contributed by atoms with E-state index in [2.05, 4.69) is 4.98 Å². The topological polar surface area (TPSA) is 56.6 Å². The lowest BCUT2D eigenvalue weighted by Crippen LogP contribution is -2.17. The molecule has 14 heavy (non-hydrogen) atoms. The van der Waals surface area contributed by atoms with Gasteiger partial charge in [-0.2, -0.15) is 5.26 Å². The normalized spacial score (nSPS) is 10.2. The molecule has 0 bridgehead atoms. The van der Waals surface area contributed by atoms with Crippen LogP contribution < -0.4 is 5.56 Å². The van der Waals surface area contributed by atoms with Gasteiger partial charge in [0.05, 0.1) is 18.1 Å². The molecular weight excluding hydrogens is 190 g/mol. The van der Waals surface area contributed by atoms with Crippen molar-refractivity contribution in [1.29, 1.82) is 5.26 Å². The Morgan fingerprint density at radius 2 is 2.29 bits per heavy atom. The van der Waals surface area contributed by atoms with Crippen LogP contribution in [-0.4, -0.2) is 4.98 Å². The van der Waals surface area contributed by atoms with Crippen molar-refractivity contribution in [3.05, 3.63) is 33.2 Å². The quantitative estimate of drug-likeness (QED) is 0.786. The molecule has 0 saturated carbocycles. The molecular formula is C9H8F2N2O. The van der Waals surface area contributed by atoms with Gasteiger partial charge in [-0.3, -0.25) is 4.79 Å². The van der Waals surface area contributed by atoms with Crippen molar-refractivity contribution in [2.75, 3.05) is 0 Å². The van der Waals surface area contributed by atoms with E-state index >= 15 is 0 Å². The first-order valence-electron chi connectivity index (χ1n) is 3.94. The molecule has 0 aliphatic carbocycles. The van der Waals surface area contributed by atoms with E-state index in [1.807, 2.05) is 0 Å². The monoisotopic (exact) mass is 198 g/mol. The predicted octanol–water partition coefficient (Wildman–Crippen LogP) is 1.69. The summed E-state index contributed by atoms with van der Waals surface area (Å²) in [7, 11) is 0. The number of rotatable bonds is 2. The maximum Gasteiger partial charge on any atom is 0.269 e. The first-order chi connectivity index (χ1) is 6.56. The van der Waals surface area contributed by atoms with Crippen molar-refractivity contribution < 1.29 is 8.78 Å². The SMILES string of the molecule is Cc1cc(CC#N)c(C(F)F)c(=O)[nH]1. The molecule has 0 aliphatic heterocycles. The largest absolute Gasteiger partial charge is 0.326 e. The minimum atomic E-state index is -2.84. The zero-order valence-corrected chi connectivity index (χ0v) is 7.47. The zero-order valence-electron chi connectivity index (χ0n) is 7.47. The third-order valence-corrected chi connectivity index (χ3v) is 1.78. The second-order valence-corrected chi connectivity index (χ2v) is 2.86. The minimum absolute atomic E-state index is 0.101. The highest BCUT2D eigenvalue weighted by Crippen LogP contribution is 2.19. The van der Waals surface area contributed by atoms with E-state index in [0.717, 1.165) is 0 Å². The van der Waals surface area contributed by atoms with Crippen molar-refractivity contribution in [3.8, 4) is 6.07 Å². The predicted molar refractivity (Wildman–Crippen MR) is 46.1 cm³/mol. The summed E-state index contributed by atoms with van der Waals surface area (Å²) in [6.07, 6.45) is -3.02. The van der Waals surface area contributed by atoms with Crippen LogP contribution in [0, 0.1) is 18.3 Å². The maximum atomic E-state index is 12.4. The lowest BCUT2D eigenvalue weighted by atomic mass is 10.1. The first kappa shape index (κ1) is 10.4. The molecule has 0 unspecified atom stereocenters. The summed E-state index contributed by atoms with van der Waals surface area (Å²) in [6.45, 7) is 1.58. The van der Waals surface area contributed by atoms with Gasteiger partial charge in [0.1, 0.15) is 0 Å². The Morgan fingerprint density at radius 3 is 2.79 bits per heavy atom. The highest BCUT2D eigenvalue weighted by molar-refractivity contribution is 5.29. The summed E-state index contributed by atoms with van der Waals surface area (Å²) in [5.41, 5.74) is -0.837. The van der Waals surface area contributed by atoms with Gasteiger partial charge in [-0.05, 0) is 18.6 Å². The average Bonchev–Trinajstić information content (AvgIpc) is 2.01. The van der Waals surface area contributed by atoms with E-state index in [4.69, 9.17) is 5.26 Å². The number of nitrogens with zero attached hydrogens (tertiary/aromatic N) is 1. The molecule has 0 saturated heterocycles. The summed E-state index contributed by atoms with van der Waals surface area (Å²) in [4.78, 5) is 13.4. The fourth-order valence-corrected chi connectivity index (χ4v) is 1.24. The molecule has 1 aromatic heterocycles. The van der Waals surface area contributed by atoms with Crippen LogP contribution in [0.25, 0.3) is 0 Å². The molecule has 0 aliphatic rings. The van der Waals surface area contributed by atoms with Crippen LogP contribution in [0.15, 0.2) is 10.9 Å². The fraction of sp³-hybridized carbons (Fsp3) is 0.333. The molecule has 1 rings (SSSR count). The van der Waals surface area contributed by atoms with Gasteiger partial charge in [-0.25, -0.2) is 8.78 Å². The van der Waals surface area contributed by atoms with Crippen molar-refractivity contribution in [2.24, 2.45) is 0 Å². The first-order valence-corrected chi connectivity index (χ1v) is 3.94. The van der Waals surface area contributed by atoms with Crippen molar-refractivity contribution >= 4 is 0 Å². The number of aromatic amines is 1. The van der Waals surface area contributed by atoms with Gasteiger partial charge >= 0.3 is 0 Å². The lowest BCUT2D eigenvalue weighted by Gasteiger charge is -2.05. The molecule has 0 spiro atoms. The molecule has 1 aromatic rings. The number of H-pyrrole nitrogens is 1. The summed E-state index contributed by atoms with van der Waals surface area (Å²) < 4.78 is 24.8. The van der Waals surface area contributed by atoms with Crippen molar-refractivity contribution in [3.63, 3.8) is 0 Å². The molecule has 0 radical (unpaired) electrons. The Labute approximate surface area is 79.0 Å². The van der Waals surface area contributed by atoms with Gasteiger partial charge < -0.3 is 4.98 Å². The van der Waals surface area contributed by atoms with Crippen LogP contribution in [0.3, 0.4) is 0 Å². The molecule has 3 nitrogen and oxygen atoms in total. The van der Waals surface area contributed by atoms with Crippen LogP contribution in [0.1, 0.15) is 23.2 Å². The molecule has 5 heteroatoms. The van der Waals surface area contributed by atoms with Crippen molar-refractivity contribution in [2.45, 2.75) is 19.8 Å². The van der Waals surface area contributed by atoms with Gasteiger partial charge in [-0.1, -0.05) is 0 Å². The number of hydrogen-bond donors (Lipinski definition) is 1. The van der Waals surface area contributed by atoms with Gasteiger partial charge in [0.2, 0.25) is 0 Å². The maximum absolute atomic E-state index is 12.4. The third kappa shape index (κ3) is 1.96. The number of halogens is 2. The van der Waals surface area contributed by atoms with Gasteiger partial charge in [0, 0.05) is 5.69 Å². The van der Waals surface area contributed by atoms with E-state index in [0.29, 0.717) is 5.69 Å². The summed E-state index contributed by atoms with van der Waals surface area (Å²) >= 11 is 0. The second-order valence-electron chi connectivity index (χ2n) is 2.86. The Morgan fingerprint density at radius 1 is 1.64 bits per heavy atom. The Kier molecular flexibility index (Phi) is 2.97. The number of nitrogens with one attached hydrogen (secondary N) is 1. The average molecular weight is 198 g/mol. The standard InChI is InChI=1S/C9H8F2N2O/c1-5-4-6(2-3-12)7(8(10)11)9(14)13-5/h4,8H,2H2,1H3,(H,13,14). The number of hydrogen-bond acceptors (Lipinski definition) is 2. The number of nitriles is 1. The number of pyridine rings is 1. The van der Waals surface area contributed by atoms with Crippen LogP contribution in [0.5, 0.6) is 0 Å². The smallest absolute Gasteiger partial charge is 0.269 e. The van der Waals surface area contributed by atoms with E-state index in [1.165, 1.54) is 6.07 Å². The second kappa shape index (κ2) is 4.01. The molecule has 0 amide bonds. The number of alkyl halides is 2. The number of aromatic nitrogens is 1. The van der Waals surface area contributed by atoms with Gasteiger partial charge in [-0.15, -0.1) is 0 Å². The zero-order chi connectivity index (χ0) is 10.7. The highest BCUT2D eigenvalue weighted by atomic mass is 19.3. The van der Waals surface area contributed by atoms with E-state index in [1.54, 1.807) is 13.0 Å². The summed E-state index contributed by atoms with van der Waals surface area (Å²) in [5.74, 6) is 0. The molecule has 0 fully saturated rings. The van der Waals surface area contributed by atoms with Crippen LogP contribution >= 0.6 is 0 Å². The van der Waals surface area contributed by atoms with E-state index in [-0.39, 0.29) is 12.0 Å². The van der Waals surface area contributed by atoms with Crippen LogP contribution in [0.4, 0.5) is 8.78 Å². The Balaban J connectivity index is 3.38. The Bertz CT molecular complexity index is 431. The Hall–Kier alpha value is -1.70. The van der Waals surface area contributed by atoms with Crippen LogP contribution in [0.2, 0.25) is 0 Å². The molecule has 0 atom stereocenters. The van der Waals surface area contributed by atoms with E-state index < -0.39 is 17.5 Å². The van der Waals surface area contributed by atoms with Gasteiger partial charge in [0.15, 0.2) is 0 Å². The minimum Gasteiger partial charge on any atom is -0.326 e. The fourth-order valence-electron chi connectivity index (χ4n) is 1.24. The highest BCUT2D eigenvalue weighted by Gasteiger charge is 2.17. The lowest BCUT2D eigenvalue weighted by molar-refractivity contribution is 0.148. The summed E-state index contributed by atoms with van der Waals surface area (Å²) in [6, 6.07) is 3.14. The third-order valence-electron chi connectivity index (χ3n) is 1.78. The van der Waals surface area contributed by atoms with Gasteiger partial charge in [0.25, 0.3) is 12.0 Å². The van der Waals surface area contributed by atoms with Crippen LogP contribution in [-0.2, 0) is 6.42 Å². The molecule has 74 valence electrons. The molecule has 1 heterocycles. The summed E-state index contributed by atoms with van der Waals surface area (Å²) in [5, 5.41) is 8.40. The van der Waals surface area contributed by atoms with Crippen molar-refractivity contribution in [1.82, 2.24) is 4.98 Å². The molecule has 0 aromatic carbocycles.